The zero-order valence-electron chi connectivity index (χ0n) is 27.6. The number of aromatic nitrogens is 5. The number of nitrogens with one attached hydrogen (secondary N) is 1. The Balaban J connectivity index is 1.55. The van der Waals surface area contributed by atoms with Crippen LogP contribution in [0.15, 0.2) is 54.4 Å². The smallest absolute Gasteiger partial charge is 0.246 e. The summed E-state index contributed by atoms with van der Waals surface area (Å²) in [6.45, 7) is 10.3. The average molecular weight is 686 g/mol. The van der Waals surface area contributed by atoms with Gasteiger partial charge in [0, 0.05) is 66.5 Å². The number of nitrogens with zero attached hydrogens (tertiary/aromatic N) is 6. The molecule has 0 fully saturated rings. The molecule has 13 heteroatoms. The summed E-state index contributed by atoms with van der Waals surface area (Å²) >= 11 is 1.15. The third kappa shape index (κ3) is 5.37. The van der Waals surface area contributed by atoms with E-state index in [0.717, 1.165) is 40.0 Å². The average Bonchev–Trinajstić information content (AvgIpc) is 3.77. The predicted molar refractivity (Wildman–Crippen MR) is 186 cm³/mol. The van der Waals surface area contributed by atoms with E-state index in [0.29, 0.717) is 28.2 Å². The van der Waals surface area contributed by atoms with E-state index >= 15 is 8.78 Å². The summed E-state index contributed by atoms with van der Waals surface area (Å²) in [7, 11) is 3.46. The number of hydrogen-bond acceptors (Lipinski definition) is 7. The van der Waals surface area contributed by atoms with E-state index in [9.17, 15) is 9.18 Å². The molecule has 2 atom stereocenters. The molecule has 1 aliphatic heterocycles. The van der Waals surface area contributed by atoms with Gasteiger partial charge in [-0.25, -0.2) is 23.1 Å². The van der Waals surface area contributed by atoms with E-state index in [2.05, 4.69) is 11.9 Å². The van der Waals surface area contributed by atoms with Crippen LogP contribution in [0, 0.1) is 24.4 Å². The van der Waals surface area contributed by atoms with Gasteiger partial charge in [-0.2, -0.15) is 5.10 Å². The highest BCUT2D eigenvalue weighted by atomic mass is 32.1. The number of anilines is 1. The molecule has 1 amide bonds. The van der Waals surface area contributed by atoms with Gasteiger partial charge in [-0.1, -0.05) is 12.6 Å². The number of rotatable bonds is 8. The zero-order valence-corrected chi connectivity index (χ0v) is 28.5. The molecule has 2 aromatic carbocycles. The fraction of sp³-hybridized carbons (Fsp3) is 0.278. The lowest BCUT2D eigenvalue weighted by atomic mass is 9.94. The van der Waals surface area contributed by atoms with Crippen molar-refractivity contribution in [2.45, 2.75) is 32.9 Å². The molecule has 0 bridgehead atoms. The summed E-state index contributed by atoms with van der Waals surface area (Å²) in [4.78, 5) is 24.3. The zero-order chi connectivity index (χ0) is 34.7. The highest BCUT2D eigenvalue weighted by Crippen LogP contribution is 2.48. The number of amides is 1. The van der Waals surface area contributed by atoms with E-state index < -0.39 is 17.5 Å². The van der Waals surface area contributed by atoms with Crippen LogP contribution in [0.4, 0.5) is 18.9 Å². The minimum Gasteiger partial charge on any atom is -0.383 e. The number of hydrogen-bond donors (Lipinski definition) is 1. The van der Waals surface area contributed by atoms with E-state index in [1.807, 2.05) is 55.3 Å². The molecule has 1 N–H and O–H groups in total. The summed E-state index contributed by atoms with van der Waals surface area (Å²) in [5.41, 5.74) is 4.35. The van der Waals surface area contributed by atoms with Crippen LogP contribution in [-0.2, 0) is 16.6 Å². The molecule has 6 aromatic rings. The van der Waals surface area contributed by atoms with E-state index in [1.54, 1.807) is 11.0 Å². The van der Waals surface area contributed by atoms with Crippen molar-refractivity contribution in [3.8, 4) is 33.8 Å². The number of benzene rings is 2. The Hall–Kier alpha value is -5.01. The number of halogens is 3. The van der Waals surface area contributed by atoms with Gasteiger partial charge in [0.25, 0.3) is 0 Å². The fourth-order valence-corrected chi connectivity index (χ4v) is 7.63. The van der Waals surface area contributed by atoms with Gasteiger partial charge in [0.15, 0.2) is 0 Å². The number of thiophene rings is 1. The van der Waals surface area contributed by atoms with Crippen LogP contribution in [0.2, 0.25) is 0 Å². The van der Waals surface area contributed by atoms with Crippen LogP contribution in [0.5, 0.6) is 0 Å². The Kier molecular flexibility index (Phi) is 8.27. The molecule has 0 unspecified atom stereocenters. The highest BCUT2D eigenvalue weighted by molar-refractivity contribution is 7.17. The molecule has 0 radical (unpaired) electrons. The number of imidazole rings is 1. The van der Waals surface area contributed by atoms with Crippen molar-refractivity contribution in [1.82, 2.24) is 29.2 Å². The van der Waals surface area contributed by atoms with Gasteiger partial charge < -0.3 is 19.5 Å². The molecule has 7 rings (SSSR count). The third-order valence-electron chi connectivity index (χ3n) is 9.22. The summed E-state index contributed by atoms with van der Waals surface area (Å²) in [5, 5.41) is 9.52. The van der Waals surface area contributed by atoms with E-state index in [1.165, 1.54) is 24.6 Å². The van der Waals surface area contributed by atoms with Crippen molar-refractivity contribution in [2.75, 3.05) is 32.1 Å². The Morgan fingerprint density at radius 3 is 2.65 bits per heavy atom. The first-order valence-corrected chi connectivity index (χ1v) is 16.7. The lowest BCUT2D eigenvalue weighted by Gasteiger charge is -2.36. The first kappa shape index (κ1) is 32.5. The molecule has 0 saturated heterocycles. The lowest BCUT2D eigenvalue weighted by molar-refractivity contribution is -0.129. The van der Waals surface area contributed by atoms with Gasteiger partial charge in [0.05, 0.1) is 45.8 Å². The normalized spacial score (nSPS) is 16.0. The number of carbonyl (C=O) groups excluding carboxylic acids is 1. The van der Waals surface area contributed by atoms with Crippen LogP contribution in [-0.4, -0.2) is 61.9 Å². The molecule has 0 aliphatic carbocycles. The summed E-state index contributed by atoms with van der Waals surface area (Å²) in [6.07, 6.45) is 1.28. The summed E-state index contributed by atoms with van der Waals surface area (Å²) < 4.78 is 56.6. The summed E-state index contributed by atoms with van der Waals surface area (Å²) in [5.74, 6) is -1.63. The minimum absolute atomic E-state index is 0.0415. The van der Waals surface area contributed by atoms with Gasteiger partial charge in [-0.15, -0.1) is 11.3 Å². The topological polar surface area (TPSA) is 90.1 Å². The van der Waals surface area contributed by atoms with Crippen molar-refractivity contribution in [3.63, 3.8) is 0 Å². The van der Waals surface area contributed by atoms with Crippen LogP contribution >= 0.6 is 11.3 Å². The molecular formula is C36H34F3N7O2S. The molecule has 5 heterocycles. The van der Waals surface area contributed by atoms with Crippen LogP contribution in [0.3, 0.4) is 0 Å². The minimum atomic E-state index is -0.888. The number of carbonyl (C=O) groups is 1. The Labute approximate surface area is 284 Å². The van der Waals surface area contributed by atoms with Gasteiger partial charge >= 0.3 is 0 Å². The van der Waals surface area contributed by atoms with Crippen LogP contribution < -0.4 is 5.32 Å². The molecule has 49 heavy (non-hydrogen) atoms. The first-order chi connectivity index (χ1) is 23.5. The maximum absolute atomic E-state index is 16.2. The number of methoxy groups -OCH3 is 1. The molecule has 0 saturated carbocycles. The Morgan fingerprint density at radius 2 is 1.90 bits per heavy atom. The third-order valence-corrected chi connectivity index (χ3v) is 10.2. The fourth-order valence-electron chi connectivity index (χ4n) is 6.70. The molecule has 1 aliphatic rings. The summed E-state index contributed by atoms with van der Waals surface area (Å²) in [6, 6.07) is 8.94. The number of fused-ring (bicyclic) bond motifs is 3. The second kappa shape index (κ2) is 12.5. The standard InChI is InChI=1S/C36H34F3N7O2S/c1-7-30(47)45-16-18(2)46-29(19(45)3)15-27(43-46)35-33(31-23(38)13-22(37)14-26(31)40-10-11-48-6)32-24(39)17-49-36(32)34(42-35)21-8-9-28-25(12-21)41-20(4)44(28)5/h7-9,12-15,17-19,40H,1,10-11,16H2,2-6H3/t18-,19+/m0/s1. The molecule has 4 aromatic heterocycles. The highest BCUT2D eigenvalue weighted by Gasteiger charge is 2.34. The largest absolute Gasteiger partial charge is 0.383 e. The first-order valence-electron chi connectivity index (χ1n) is 15.8. The Morgan fingerprint density at radius 1 is 1.10 bits per heavy atom. The van der Waals surface area contributed by atoms with Crippen molar-refractivity contribution in [2.24, 2.45) is 7.05 Å². The van der Waals surface area contributed by atoms with E-state index in [-0.39, 0.29) is 59.0 Å². The predicted octanol–water partition coefficient (Wildman–Crippen LogP) is 7.81. The van der Waals surface area contributed by atoms with Gasteiger partial charge in [0.1, 0.15) is 34.7 Å². The van der Waals surface area contributed by atoms with Crippen LogP contribution in [0.1, 0.15) is 37.4 Å². The quantitative estimate of drug-likeness (QED) is 0.130. The van der Waals surface area contributed by atoms with Gasteiger partial charge in [-0.3, -0.25) is 9.48 Å². The van der Waals surface area contributed by atoms with E-state index in [4.69, 9.17) is 19.8 Å². The van der Waals surface area contributed by atoms with Gasteiger partial charge in [0.2, 0.25) is 5.91 Å². The SMILES string of the molecule is C=CC(=O)N1C[C@H](C)n2nc(-c3nc(-c4ccc5c(c4)nc(C)n5C)c4scc(F)c4c3-c3c(F)cc(F)cc3NCCOC)cc2[C@H]1C. The number of ether oxygens (including phenoxy) is 1. The maximum atomic E-state index is 16.2. The molecule has 9 nitrogen and oxygen atoms in total. The maximum Gasteiger partial charge on any atom is 0.246 e. The molecule has 0 spiro atoms. The lowest BCUT2D eigenvalue weighted by Crippen LogP contribution is -2.42. The molecular weight excluding hydrogens is 652 g/mol. The van der Waals surface area contributed by atoms with Crippen molar-refractivity contribution in [3.05, 3.63) is 83.4 Å². The van der Waals surface area contributed by atoms with Crippen molar-refractivity contribution >= 4 is 44.1 Å². The second-order valence-corrected chi connectivity index (χ2v) is 13.1. The molecule has 252 valence electrons. The number of aryl methyl sites for hydroxylation is 2. The second-order valence-electron chi connectivity index (χ2n) is 12.2. The van der Waals surface area contributed by atoms with Gasteiger partial charge in [-0.05, 0) is 51.1 Å². The van der Waals surface area contributed by atoms with Crippen LogP contribution in [0.25, 0.3) is 54.9 Å². The Bertz CT molecular complexity index is 2290. The van der Waals surface area contributed by atoms with Crippen molar-refractivity contribution in [1.29, 1.82) is 0 Å². The van der Waals surface area contributed by atoms with Crippen molar-refractivity contribution < 1.29 is 22.7 Å². The monoisotopic (exact) mass is 685 g/mol. The number of pyridine rings is 1.